The Morgan fingerprint density at radius 2 is 0.696 bits per heavy atom. The van der Waals surface area contributed by atoms with Gasteiger partial charge in [0, 0.05) is 95.3 Å². The van der Waals surface area contributed by atoms with Gasteiger partial charge in [-0.25, -0.2) is 0 Å². The average Bonchev–Trinajstić information content (AvgIpc) is 3.77. The van der Waals surface area contributed by atoms with Crippen molar-refractivity contribution in [1.82, 2.24) is 26.0 Å². The maximum absolute atomic E-state index is 11.7. The van der Waals surface area contributed by atoms with Crippen molar-refractivity contribution in [1.29, 1.82) is 0 Å². The molecule has 8 nitrogen and oxygen atoms in total. The Hall–Kier alpha value is -3.49. The summed E-state index contributed by atoms with van der Waals surface area (Å²) in [6.07, 6.45) is 20.3. The Balaban J connectivity index is 0.000000205. The number of rotatable bonds is 8. The zero-order valence-electron chi connectivity index (χ0n) is 24.2. The van der Waals surface area contributed by atoms with Gasteiger partial charge in [0.2, 0.25) is 0 Å². The Labute approximate surface area is 275 Å². The van der Waals surface area contributed by atoms with Gasteiger partial charge in [0.15, 0.2) is 11.6 Å². The van der Waals surface area contributed by atoms with Crippen LogP contribution in [0.2, 0.25) is 0 Å². The molecule has 0 unspecified atom stereocenters. The van der Waals surface area contributed by atoms with Gasteiger partial charge in [-0.1, -0.05) is 0 Å². The predicted octanol–water partition coefficient (Wildman–Crippen LogP) is 9.78. The topological polar surface area (TPSA) is 63.7 Å². The molecule has 0 fully saturated rings. The molecule has 0 aliphatic carbocycles. The fraction of sp³-hybridized carbons (Fsp3) is 0.0714. The molecule has 0 aliphatic heterocycles. The molecule has 46 heavy (non-hydrogen) atoms. The van der Waals surface area contributed by atoms with E-state index in [0.717, 1.165) is 11.4 Å². The molecular formula is C28H30F6N6O2P3Rh+. The number of aromatic nitrogens is 6. The zero-order chi connectivity index (χ0) is 32.9. The second-order valence-corrected chi connectivity index (χ2v) is 15.7. The van der Waals surface area contributed by atoms with Crippen molar-refractivity contribution in [2.24, 2.45) is 0 Å². The van der Waals surface area contributed by atoms with E-state index in [1.807, 2.05) is 135 Å². The van der Waals surface area contributed by atoms with Crippen LogP contribution in [0.4, 0.5) is 25.2 Å². The van der Waals surface area contributed by atoms with Crippen molar-refractivity contribution < 1.29 is 54.2 Å². The molecule has 0 bridgehead atoms. The standard InChI is InChI=1S/2C14H14N3OP.F6P.Rh/c2*1-13(18)14-7-6-12-17(14)19(15-8-2-3-9-15)16-10-4-5-11-16;1-7(2,3,4,5)6;/h2*2-12H,1H3;;/q;;-1;/p+2. The summed E-state index contributed by atoms with van der Waals surface area (Å²) < 4.78 is 72.0. The fourth-order valence-electron chi connectivity index (χ4n) is 4.32. The number of nitrogens with zero attached hydrogens (tertiary/aromatic N) is 6. The molecule has 0 saturated heterocycles. The summed E-state index contributed by atoms with van der Waals surface area (Å²) in [5.41, 5.74) is 1.49. The summed E-state index contributed by atoms with van der Waals surface area (Å²) in [7, 11) is -13.2. The van der Waals surface area contributed by atoms with Crippen LogP contribution in [0, 0.1) is 0 Å². The molecule has 0 saturated carbocycles. The van der Waals surface area contributed by atoms with Gasteiger partial charge in [0.1, 0.15) is 11.4 Å². The molecule has 6 rings (SSSR count). The van der Waals surface area contributed by atoms with E-state index in [1.165, 1.54) is 0 Å². The van der Waals surface area contributed by atoms with Gasteiger partial charge in [-0.05, 0) is 72.8 Å². The largest absolute Gasteiger partial charge is 0 e. The summed E-state index contributed by atoms with van der Waals surface area (Å²) >= 11 is 0. The maximum atomic E-state index is 11.7. The number of hydrogen-bond acceptors (Lipinski definition) is 2. The Morgan fingerprint density at radius 3 is 0.891 bits per heavy atom. The number of halogens is 6. The van der Waals surface area contributed by atoms with Gasteiger partial charge >= 0.3 is 33.0 Å². The summed E-state index contributed by atoms with van der Waals surface area (Å²) in [6, 6.07) is 23.6. The molecule has 6 heterocycles. The number of Topliss-reactive ketones (excluding diaryl/α,β-unsaturated/α-hetero) is 2. The van der Waals surface area contributed by atoms with Gasteiger partial charge in [-0.3, -0.25) is 9.59 Å². The van der Waals surface area contributed by atoms with Gasteiger partial charge in [0.25, 0.3) is 16.7 Å². The second kappa shape index (κ2) is 14.1. The number of carbonyl (C=O) groups is 2. The van der Waals surface area contributed by atoms with Gasteiger partial charge in [-0.15, -0.1) is 0 Å². The normalized spacial score (nSPS) is 12.7. The summed E-state index contributed by atoms with van der Waals surface area (Å²) in [5, 5.41) is 0. The van der Waals surface area contributed by atoms with Crippen LogP contribution >= 0.6 is 24.6 Å². The summed E-state index contributed by atoms with van der Waals surface area (Å²) in [6.45, 7) is 3.22. The maximum Gasteiger partial charge on any atom is 0 e. The molecule has 0 aromatic carbocycles. The first-order valence-corrected chi connectivity index (χ1v) is 17.9. The number of carbonyl (C=O) groups excluding carboxylic acids is 2. The molecule has 249 valence electrons. The van der Waals surface area contributed by atoms with Crippen LogP contribution in [0.25, 0.3) is 0 Å². The van der Waals surface area contributed by atoms with Crippen molar-refractivity contribution in [2.75, 3.05) is 0 Å². The molecule has 0 atom stereocenters. The molecule has 0 amide bonds. The molecule has 18 heteroatoms. The van der Waals surface area contributed by atoms with Crippen LogP contribution in [-0.4, -0.2) is 37.6 Å². The van der Waals surface area contributed by atoms with Gasteiger partial charge in [-0.2, -0.15) is 26.0 Å². The molecule has 0 aliphatic rings. The fourth-order valence-corrected chi connectivity index (χ4v) is 8.94. The van der Waals surface area contributed by atoms with Crippen molar-refractivity contribution in [3.8, 4) is 0 Å². The van der Waals surface area contributed by atoms with Crippen LogP contribution in [0.1, 0.15) is 34.8 Å². The first-order chi connectivity index (χ1) is 21.0. The third kappa shape index (κ3) is 10.8. The van der Waals surface area contributed by atoms with E-state index in [9.17, 15) is 34.8 Å². The minimum Gasteiger partial charge on any atom is 0 e. The minimum atomic E-state index is -10.7. The van der Waals surface area contributed by atoms with Crippen LogP contribution in [0.15, 0.2) is 135 Å². The first kappa shape index (κ1) is 37.0. The molecule has 1 radical (unpaired) electrons. The Kier molecular flexibility index (Phi) is 11.3. The molecule has 0 N–H and O–H groups in total. The average molecular weight is 792 g/mol. The van der Waals surface area contributed by atoms with E-state index < -0.39 is 24.6 Å². The van der Waals surface area contributed by atoms with Gasteiger partial charge < -0.3 is 0 Å². The van der Waals surface area contributed by atoms with E-state index in [2.05, 4.69) is 26.0 Å². The quantitative estimate of drug-likeness (QED) is 0.0667. The number of ketones is 2. The van der Waals surface area contributed by atoms with Crippen molar-refractivity contribution in [3.63, 3.8) is 0 Å². The first-order valence-electron chi connectivity index (χ1n) is 13.2. The SMILES string of the molecule is CC(=O)c1cccn1[PH+](n1cccc1)n1cccc1.CC(=O)c1cccn1[PH+](n1cccc1)n1cccc1.F[P-](F)(F)(F)(F)F.[Rh]. The Bertz CT molecular complexity index is 1620. The van der Waals surface area contributed by atoms with E-state index >= 15 is 0 Å². The second-order valence-electron chi connectivity index (χ2n) is 9.56. The van der Waals surface area contributed by atoms with Crippen LogP contribution < -0.4 is 0 Å². The van der Waals surface area contributed by atoms with E-state index in [0.29, 0.717) is 0 Å². The van der Waals surface area contributed by atoms with Crippen LogP contribution in [0.3, 0.4) is 0 Å². The predicted molar refractivity (Wildman–Crippen MR) is 169 cm³/mol. The molecule has 6 aromatic heterocycles. The van der Waals surface area contributed by atoms with E-state index in [4.69, 9.17) is 0 Å². The van der Waals surface area contributed by atoms with E-state index in [-0.39, 0.29) is 31.0 Å². The number of hydrogen-bond donors (Lipinski definition) is 0. The Morgan fingerprint density at radius 1 is 0.478 bits per heavy atom. The van der Waals surface area contributed by atoms with Crippen LogP contribution in [-0.2, 0) is 19.5 Å². The van der Waals surface area contributed by atoms with Crippen LogP contribution in [0.5, 0.6) is 0 Å². The third-order valence-corrected chi connectivity index (χ3v) is 10.7. The minimum absolute atomic E-state index is 0. The van der Waals surface area contributed by atoms with E-state index in [1.54, 1.807) is 13.8 Å². The molecule has 0 spiro atoms. The smallest absolute Gasteiger partial charge is 0 e. The third-order valence-electron chi connectivity index (χ3n) is 5.99. The van der Waals surface area contributed by atoms with Crippen molar-refractivity contribution in [2.45, 2.75) is 13.8 Å². The zero-order valence-corrected chi connectivity index (χ0v) is 28.8. The molecule has 6 aromatic rings. The summed E-state index contributed by atoms with van der Waals surface area (Å²) in [4.78, 5) is 23.5. The van der Waals surface area contributed by atoms with Crippen molar-refractivity contribution >= 4 is 36.1 Å². The molecular weight excluding hydrogens is 762 g/mol. The van der Waals surface area contributed by atoms with Crippen molar-refractivity contribution in [3.05, 3.63) is 146 Å². The summed E-state index contributed by atoms with van der Waals surface area (Å²) in [5.74, 6) is 0.179. The monoisotopic (exact) mass is 792 g/mol. The van der Waals surface area contributed by atoms with Gasteiger partial charge in [0.05, 0.1) is 0 Å².